The van der Waals surface area contributed by atoms with Gasteiger partial charge >= 0.3 is 5.97 Å². The van der Waals surface area contributed by atoms with Crippen LogP contribution in [0.15, 0.2) is 24.3 Å². The number of halogens is 1. The second kappa shape index (κ2) is 3.78. The van der Waals surface area contributed by atoms with Crippen molar-refractivity contribution in [2.24, 2.45) is 0 Å². The molecule has 0 saturated carbocycles. The minimum absolute atomic E-state index is 0.323. The van der Waals surface area contributed by atoms with Crippen LogP contribution in [0, 0.1) is 6.92 Å². The molecule has 76 valence electrons. The van der Waals surface area contributed by atoms with Crippen LogP contribution in [0.25, 0.3) is 0 Å². The quantitative estimate of drug-likeness (QED) is 0.679. The largest absolute Gasteiger partial charge is 0.466 e. The predicted molar refractivity (Wildman–Crippen MR) is 51.7 cm³/mol. The Labute approximate surface area is 82.7 Å². The number of alkyl halides is 1. The SMILES string of the molecule is COC(=O)C(C)(F)c1cccc(C)c1. The minimum Gasteiger partial charge on any atom is -0.466 e. The van der Waals surface area contributed by atoms with Gasteiger partial charge in [-0.25, -0.2) is 9.18 Å². The molecule has 14 heavy (non-hydrogen) atoms. The lowest BCUT2D eigenvalue weighted by Gasteiger charge is -2.17. The van der Waals surface area contributed by atoms with Crippen molar-refractivity contribution in [3.05, 3.63) is 35.4 Å². The summed E-state index contributed by atoms with van der Waals surface area (Å²) >= 11 is 0. The van der Waals surface area contributed by atoms with Crippen molar-refractivity contribution in [1.29, 1.82) is 0 Å². The number of hydrogen-bond donors (Lipinski definition) is 0. The third-order valence-electron chi connectivity index (χ3n) is 2.13. The lowest BCUT2D eigenvalue weighted by atomic mass is 9.96. The number of benzene rings is 1. The molecule has 1 unspecified atom stereocenters. The van der Waals surface area contributed by atoms with Crippen LogP contribution in [-0.4, -0.2) is 13.1 Å². The second-order valence-electron chi connectivity index (χ2n) is 3.36. The zero-order chi connectivity index (χ0) is 10.8. The normalized spacial score (nSPS) is 14.6. The number of esters is 1. The molecule has 0 saturated heterocycles. The molecule has 3 heteroatoms. The first-order chi connectivity index (χ1) is 6.48. The van der Waals surface area contributed by atoms with Crippen LogP contribution in [0.1, 0.15) is 18.1 Å². The van der Waals surface area contributed by atoms with Crippen molar-refractivity contribution in [2.75, 3.05) is 7.11 Å². The predicted octanol–water partition coefficient (Wildman–Crippen LogP) is 2.35. The molecule has 0 spiro atoms. The summed E-state index contributed by atoms with van der Waals surface area (Å²) in [6.45, 7) is 3.05. The molecule has 0 fully saturated rings. The fraction of sp³-hybridized carbons (Fsp3) is 0.364. The topological polar surface area (TPSA) is 26.3 Å². The molecule has 0 aliphatic heterocycles. The van der Waals surface area contributed by atoms with Gasteiger partial charge in [0.15, 0.2) is 0 Å². The Bertz CT molecular complexity index is 345. The Morgan fingerprint density at radius 3 is 2.64 bits per heavy atom. The maximum absolute atomic E-state index is 13.9. The molecule has 1 rings (SSSR count). The van der Waals surface area contributed by atoms with E-state index in [1.807, 2.05) is 13.0 Å². The highest BCUT2D eigenvalue weighted by Gasteiger charge is 2.36. The van der Waals surface area contributed by atoms with Gasteiger partial charge in [0.05, 0.1) is 7.11 Å². The van der Waals surface area contributed by atoms with Crippen molar-refractivity contribution < 1.29 is 13.9 Å². The molecule has 0 aliphatic rings. The van der Waals surface area contributed by atoms with E-state index in [-0.39, 0.29) is 0 Å². The number of carbonyl (C=O) groups excluding carboxylic acids is 1. The molecule has 0 amide bonds. The molecule has 0 radical (unpaired) electrons. The molecule has 0 bridgehead atoms. The summed E-state index contributed by atoms with van der Waals surface area (Å²) in [7, 11) is 1.18. The Morgan fingerprint density at radius 2 is 2.14 bits per heavy atom. The molecule has 0 heterocycles. The van der Waals surface area contributed by atoms with Gasteiger partial charge in [-0.3, -0.25) is 0 Å². The van der Waals surface area contributed by atoms with Crippen LogP contribution in [-0.2, 0) is 15.2 Å². The highest BCUT2D eigenvalue weighted by atomic mass is 19.1. The average molecular weight is 196 g/mol. The summed E-state index contributed by atoms with van der Waals surface area (Å²) in [5.74, 6) is -0.872. The van der Waals surface area contributed by atoms with Gasteiger partial charge in [-0.1, -0.05) is 29.8 Å². The smallest absolute Gasteiger partial charge is 0.348 e. The summed E-state index contributed by atoms with van der Waals surface area (Å²) in [5, 5.41) is 0. The highest BCUT2D eigenvalue weighted by Crippen LogP contribution is 2.27. The molecule has 1 atom stereocenters. The van der Waals surface area contributed by atoms with E-state index >= 15 is 0 Å². The van der Waals surface area contributed by atoms with Gasteiger partial charge in [-0.2, -0.15) is 0 Å². The van der Waals surface area contributed by atoms with Crippen molar-refractivity contribution in [3.63, 3.8) is 0 Å². The number of methoxy groups -OCH3 is 1. The van der Waals surface area contributed by atoms with E-state index in [4.69, 9.17) is 0 Å². The Balaban J connectivity index is 3.09. The molecule has 1 aromatic rings. The molecular weight excluding hydrogens is 183 g/mol. The van der Waals surface area contributed by atoms with Crippen molar-refractivity contribution in [3.8, 4) is 0 Å². The Kier molecular flexibility index (Phi) is 2.89. The highest BCUT2D eigenvalue weighted by molar-refractivity contribution is 5.80. The van der Waals surface area contributed by atoms with E-state index in [0.29, 0.717) is 5.56 Å². The van der Waals surface area contributed by atoms with E-state index in [2.05, 4.69) is 4.74 Å². The van der Waals surface area contributed by atoms with Gasteiger partial charge in [0.1, 0.15) is 0 Å². The summed E-state index contributed by atoms with van der Waals surface area (Å²) < 4.78 is 18.3. The summed E-state index contributed by atoms with van der Waals surface area (Å²) in [4.78, 5) is 11.1. The maximum atomic E-state index is 13.9. The van der Waals surface area contributed by atoms with E-state index in [1.54, 1.807) is 18.2 Å². The lowest BCUT2D eigenvalue weighted by molar-refractivity contribution is -0.154. The van der Waals surface area contributed by atoms with Crippen molar-refractivity contribution >= 4 is 5.97 Å². The molecule has 0 aliphatic carbocycles. The monoisotopic (exact) mass is 196 g/mol. The van der Waals surface area contributed by atoms with Crippen LogP contribution in [0.5, 0.6) is 0 Å². The summed E-state index contributed by atoms with van der Waals surface area (Å²) in [6.07, 6.45) is 0. The molecule has 2 nitrogen and oxygen atoms in total. The summed E-state index contributed by atoms with van der Waals surface area (Å²) in [5.41, 5.74) is -0.833. The van der Waals surface area contributed by atoms with E-state index in [0.717, 1.165) is 5.56 Å². The molecule has 0 N–H and O–H groups in total. The van der Waals surface area contributed by atoms with Crippen LogP contribution >= 0.6 is 0 Å². The van der Waals surface area contributed by atoms with Crippen molar-refractivity contribution in [2.45, 2.75) is 19.5 Å². The van der Waals surface area contributed by atoms with Crippen LogP contribution in [0.2, 0.25) is 0 Å². The zero-order valence-corrected chi connectivity index (χ0v) is 8.50. The Morgan fingerprint density at radius 1 is 1.50 bits per heavy atom. The fourth-order valence-corrected chi connectivity index (χ4v) is 1.25. The van der Waals surface area contributed by atoms with Gasteiger partial charge in [-0.05, 0) is 13.8 Å². The van der Waals surface area contributed by atoms with Gasteiger partial charge in [0, 0.05) is 5.56 Å². The van der Waals surface area contributed by atoms with Gasteiger partial charge in [-0.15, -0.1) is 0 Å². The molecular formula is C11H13FO2. The molecule has 1 aromatic carbocycles. The summed E-state index contributed by atoms with van der Waals surface area (Å²) in [6, 6.07) is 6.77. The number of rotatable bonds is 2. The van der Waals surface area contributed by atoms with E-state index < -0.39 is 11.6 Å². The first-order valence-corrected chi connectivity index (χ1v) is 4.33. The van der Waals surface area contributed by atoms with Crippen LogP contribution in [0.3, 0.4) is 0 Å². The maximum Gasteiger partial charge on any atom is 0.348 e. The average Bonchev–Trinajstić information content (AvgIpc) is 2.16. The van der Waals surface area contributed by atoms with Gasteiger partial charge < -0.3 is 4.74 Å². The zero-order valence-electron chi connectivity index (χ0n) is 8.50. The third kappa shape index (κ3) is 1.92. The number of carbonyl (C=O) groups is 1. The van der Waals surface area contributed by atoms with Crippen molar-refractivity contribution in [1.82, 2.24) is 0 Å². The van der Waals surface area contributed by atoms with Crippen LogP contribution in [0.4, 0.5) is 4.39 Å². The number of aryl methyl sites for hydroxylation is 1. The third-order valence-corrected chi connectivity index (χ3v) is 2.13. The minimum atomic E-state index is -2.07. The lowest BCUT2D eigenvalue weighted by Crippen LogP contribution is -2.28. The van der Waals surface area contributed by atoms with Gasteiger partial charge in [0.25, 0.3) is 0 Å². The van der Waals surface area contributed by atoms with E-state index in [1.165, 1.54) is 14.0 Å². The Hall–Kier alpha value is -1.38. The van der Waals surface area contributed by atoms with Gasteiger partial charge in [0.2, 0.25) is 5.67 Å². The standard InChI is InChI=1S/C11H13FO2/c1-8-5-4-6-9(7-8)11(2,12)10(13)14-3/h4-7H,1-3H3. The number of hydrogen-bond acceptors (Lipinski definition) is 2. The first kappa shape index (κ1) is 10.7. The fourth-order valence-electron chi connectivity index (χ4n) is 1.25. The number of ether oxygens (including phenoxy) is 1. The van der Waals surface area contributed by atoms with Crippen LogP contribution < -0.4 is 0 Å². The second-order valence-corrected chi connectivity index (χ2v) is 3.36. The first-order valence-electron chi connectivity index (χ1n) is 4.33. The molecule has 0 aromatic heterocycles. The van der Waals surface area contributed by atoms with E-state index in [9.17, 15) is 9.18 Å².